The van der Waals surface area contributed by atoms with Gasteiger partial charge >= 0.3 is 0 Å². The fraction of sp³-hybridized carbons (Fsp3) is 0.423. The molecule has 3 aromatic rings. The number of aldehydes is 1. The Bertz CT molecular complexity index is 1290. The summed E-state index contributed by atoms with van der Waals surface area (Å²) in [6.45, 7) is 5.05. The molecule has 2 amide bonds. The number of likely N-dealkylation sites (tertiary alicyclic amines) is 1. The van der Waals surface area contributed by atoms with Gasteiger partial charge < -0.3 is 19.4 Å². The first-order chi connectivity index (χ1) is 17.0. The summed E-state index contributed by atoms with van der Waals surface area (Å²) in [5, 5.41) is 2.61. The van der Waals surface area contributed by atoms with E-state index >= 15 is 0 Å². The molecule has 1 aromatic carbocycles. The molecule has 35 heavy (non-hydrogen) atoms. The van der Waals surface area contributed by atoms with Crippen molar-refractivity contribution in [3.63, 3.8) is 0 Å². The van der Waals surface area contributed by atoms with Crippen LogP contribution in [0.3, 0.4) is 0 Å². The van der Waals surface area contributed by atoms with Crippen LogP contribution in [-0.4, -0.2) is 64.0 Å². The van der Waals surface area contributed by atoms with Gasteiger partial charge in [-0.3, -0.25) is 14.5 Å². The van der Waals surface area contributed by atoms with Crippen molar-refractivity contribution in [2.45, 2.75) is 51.7 Å². The Hall–Kier alpha value is -3.59. The molecule has 5 rings (SSSR count). The molecule has 1 fully saturated rings. The lowest BCUT2D eigenvalue weighted by molar-refractivity contribution is -0.125. The molecule has 2 aromatic heterocycles. The normalized spacial score (nSPS) is 16.6. The average molecular weight is 476 g/mol. The third-order valence-corrected chi connectivity index (χ3v) is 6.85. The number of hydrogen-bond acceptors (Lipinski definition) is 7. The number of oxazole rings is 1. The highest BCUT2D eigenvalue weighted by atomic mass is 16.3. The van der Waals surface area contributed by atoms with Crippen molar-refractivity contribution >= 4 is 29.3 Å². The van der Waals surface area contributed by atoms with Gasteiger partial charge in [-0.15, -0.1) is 0 Å². The van der Waals surface area contributed by atoms with Gasteiger partial charge in [-0.2, -0.15) is 4.98 Å². The van der Waals surface area contributed by atoms with E-state index in [1.165, 1.54) is 19.9 Å². The van der Waals surface area contributed by atoms with E-state index in [1.807, 2.05) is 19.1 Å². The van der Waals surface area contributed by atoms with Gasteiger partial charge in [-0.1, -0.05) is 6.07 Å². The summed E-state index contributed by atoms with van der Waals surface area (Å²) >= 11 is 0. The summed E-state index contributed by atoms with van der Waals surface area (Å²) in [6, 6.07) is 7.02. The van der Waals surface area contributed by atoms with E-state index in [0.717, 1.165) is 53.9 Å². The Morgan fingerprint density at radius 3 is 2.77 bits per heavy atom. The number of carbonyl (C=O) groups is 3. The van der Waals surface area contributed by atoms with Gasteiger partial charge in [0.25, 0.3) is 5.91 Å². The van der Waals surface area contributed by atoms with E-state index in [-0.39, 0.29) is 18.2 Å². The van der Waals surface area contributed by atoms with E-state index < -0.39 is 6.04 Å². The zero-order valence-electron chi connectivity index (χ0n) is 20.0. The predicted octanol–water partition coefficient (Wildman–Crippen LogP) is 2.84. The Morgan fingerprint density at radius 1 is 1.23 bits per heavy atom. The molecule has 2 aliphatic heterocycles. The minimum absolute atomic E-state index is 0.198. The maximum atomic E-state index is 13.1. The van der Waals surface area contributed by atoms with Gasteiger partial charge in [0.1, 0.15) is 12.3 Å². The fourth-order valence-electron chi connectivity index (χ4n) is 5.10. The number of nitrogens with one attached hydrogen (secondary N) is 1. The summed E-state index contributed by atoms with van der Waals surface area (Å²) < 4.78 is 5.88. The number of benzene rings is 1. The second-order valence-electron chi connectivity index (χ2n) is 9.21. The van der Waals surface area contributed by atoms with Crippen molar-refractivity contribution in [2.75, 3.05) is 20.1 Å². The number of fused-ring (bicyclic) bond motifs is 2. The lowest BCUT2D eigenvalue weighted by Crippen LogP contribution is -2.46. The number of hydrogen-bond donors (Lipinski definition) is 1. The maximum Gasteiger partial charge on any atom is 0.255 e. The van der Waals surface area contributed by atoms with Gasteiger partial charge in [0.2, 0.25) is 5.91 Å². The molecule has 1 atom stereocenters. The molecule has 9 heteroatoms. The number of aromatic nitrogens is 2. The van der Waals surface area contributed by atoms with E-state index in [0.29, 0.717) is 30.1 Å². The van der Waals surface area contributed by atoms with Crippen LogP contribution < -0.4 is 5.32 Å². The van der Waals surface area contributed by atoms with Crippen molar-refractivity contribution in [1.82, 2.24) is 25.1 Å². The van der Waals surface area contributed by atoms with Crippen LogP contribution in [-0.2, 0) is 22.7 Å². The van der Waals surface area contributed by atoms with Crippen LogP contribution in [0, 0.1) is 6.92 Å². The number of aryl methyl sites for hydroxylation is 1. The van der Waals surface area contributed by atoms with Crippen LogP contribution in [0.15, 0.2) is 28.7 Å². The van der Waals surface area contributed by atoms with Crippen molar-refractivity contribution < 1.29 is 18.8 Å². The minimum Gasteiger partial charge on any atom is -0.439 e. The zero-order chi connectivity index (χ0) is 24.5. The molecule has 1 N–H and O–H groups in total. The monoisotopic (exact) mass is 475 g/mol. The van der Waals surface area contributed by atoms with Crippen molar-refractivity contribution in [1.29, 1.82) is 0 Å². The van der Waals surface area contributed by atoms with Crippen LogP contribution in [0.25, 0.3) is 22.5 Å². The van der Waals surface area contributed by atoms with Crippen LogP contribution in [0.1, 0.15) is 53.1 Å². The molecular weight excluding hydrogens is 446 g/mol. The van der Waals surface area contributed by atoms with E-state index in [2.05, 4.69) is 21.3 Å². The molecular formula is C26H29N5O4. The molecule has 2 aliphatic rings. The highest BCUT2D eigenvalue weighted by molar-refractivity contribution is 6.01. The van der Waals surface area contributed by atoms with E-state index in [9.17, 15) is 14.4 Å². The Labute approximate surface area is 203 Å². The Kier molecular flexibility index (Phi) is 6.34. The van der Waals surface area contributed by atoms with Crippen molar-refractivity contribution in [3.05, 3.63) is 46.8 Å². The van der Waals surface area contributed by atoms with Crippen LogP contribution in [0.5, 0.6) is 0 Å². The molecule has 182 valence electrons. The molecule has 0 aliphatic carbocycles. The first-order valence-corrected chi connectivity index (χ1v) is 12.1. The van der Waals surface area contributed by atoms with Gasteiger partial charge in [0.15, 0.2) is 17.1 Å². The standard InChI is InChI=1S/C26H29N5O4/c1-16-28-24-23(35-16)19(14-30-9-3-4-10-30)13-21(29-24)17-7-8-20-18(12-17)15-31(26(20)34)22(6-5-11-32)25(33)27-2/h7-8,11-13,22H,3-6,9-10,14-15H2,1-2H3,(H,27,33). The molecule has 9 nitrogen and oxygen atoms in total. The molecule has 1 unspecified atom stereocenters. The lowest BCUT2D eigenvalue weighted by Gasteiger charge is -2.25. The molecule has 0 radical (unpaired) electrons. The van der Waals surface area contributed by atoms with E-state index in [4.69, 9.17) is 9.40 Å². The first kappa shape index (κ1) is 23.2. The number of rotatable bonds is 8. The summed E-state index contributed by atoms with van der Waals surface area (Å²) in [6.07, 6.45) is 3.68. The third kappa shape index (κ3) is 4.43. The van der Waals surface area contributed by atoms with Crippen molar-refractivity contribution in [2.24, 2.45) is 0 Å². The Morgan fingerprint density at radius 2 is 2.03 bits per heavy atom. The molecule has 4 heterocycles. The van der Waals surface area contributed by atoms with E-state index in [1.54, 1.807) is 11.0 Å². The number of amides is 2. The maximum absolute atomic E-state index is 13.1. The second kappa shape index (κ2) is 9.58. The van der Waals surface area contributed by atoms with Gasteiger partial charge in [-0.25, -0.2) is 4.98 Å². The summed E-state index contributed by atoms with van der Waals surface area (Å²) in [4.78, 5) is 49.7. The molecule has 0 spiro atoms. The molecule has 0 bridgehead atoms. The molecule has 1 saturated heterocycles. The quantitative estimate of drug-likeness (QED) is 0.499. The fourth-order valence-corrected chi connectivity index (χ4v) is 5.10. The predicted molar refractivity (Wildman–Crippen MR) is 130 cm³/mol. The third-order valence-electron chi connectivity index (χ3n) is 6.85. The lowest BCUT2D eigenvalue weighted by atomic mass is 10.0. The average Bonchev–Trinajstić information content (AvgIpc) is 3.58. The summed E-state index contributed by atoms with van der Waals surface area (Å²) in [5.74, 6) is 0.114. The van der Waals surface area contributed by atoms with Crippen molar-refractivity contribution in [3.8, 4) is 11.3 Å². The largest absolute Gasteiger partial charge is 0.439 e. The van der Waals surface area contributed by atoms with Gasteiger partial charge in [0, 0.05) is 50.2 Å². The second-order valence-corrected chi connectivity index (χ2v) is 9.21. The summed E-state index contributed by atoms with van der Waals surface area (Å²) in [5.41, 5.74) is 5.44. The first-order valence-electron chi connectivity index (χ1n) is 12.1. The van der Waals surface area contributed by atoms with Crippen LogP contribution in [0.4, 0.5) is 0 Å². The topological polar surface area (TPSA) is 109 Å². The smallest absolute Gasteiger partial charge is 0.255 e. The minimum atomic E-state index is -0.687. The van der Waals surface area contributed by atoms with Crippen LogP contribution >= 0.6 is 0 Å². The zero-order valence-corrected chi connectivity index (χ0v) is 20.0. The number of pyridine rings is 1. The molecule has 0 saturated carbocycles. The van der Waals surface area contributed by atoms with Gasteiger partial charge in [-0.05, 0) is 56.1 Å². The number of nitrogens with zero attached hydrogens (tertiary/aromatic N) is 4. The van der Waals surface area contributed by atoms with Crippen LogP contribution in [0.2, 0.25) is 0 Å². The number of carbonyl (C=O) groups excluding carboxylic acids is 3. The highest BCUT2D eigenvalue weighted by Crippen LogP contribution is 2.32. The van der Waals surface area contributed by atoms with Gasteiger partial charge in [0.05, 0.1) is 5.69 Å². The Balaban J connectivity index is 1.48. The highest BCUT2D eigenvalue weighted by Gasteiger charge is 2.36. The summed E-state index contributed by atoms with van der Waals surface area (Å²) in [7, 11) is 1.54. The SMILES string of the molecule is CNC(=O)C(CCC=O)N1Cc2cc(-c3cc(CN4CCCC4)c4oc(C)nc4n3)ccc2C1=O. The number of likely N-dealkylation sites (N-methyl/N-ethyl adjacent to an activating group) is 1.